The molecule has 23 heavy (non-hydrogen) atoms. The van der Waals surface area contributed by atoms with Gasteiger partial charge >= 0.3 is 0 Å². The van der Waals surface area contributed by atoms with Crippen LogP contribution in [0.1, 0.15) is 47.2 Å². The minimum Gasteiger partial charge on any atom is -0.454 e. The van der Waals surface area contributed by atoms with Crippen LogP contribution in [-0.2, 0) is 6.54 Å². The fourth-order valence-electron chi connectivity index (χ4n) is 2.31. The minimum absolute atomic E-state index is 0.185. The van der Waals surface area contributed by atoms with Crippen LogP contribution in [0.4, 0.5) is 0 Å². The Labute approximate surface area is 134 Å². The molecule has 0 spiro atoms. The highest BCUT2D eigenvalue weighted by Gasteiger charge is 2.15. The fourth-order valence-corrected chi connectivity index (χ4v) is 2.31. The lowest BCUT2D eigenvalue weighted by molar-refractivity contribution is 0.0949. The molecule has 0 unspecified atom stereocenters. The van der Waals surface area contributed by atoms with Crippen molar-refractivity contribution in [3.8, 4) is 11.5 Å². The van der Waals surface area contributed by atoms with E-state index in [1.165, 1.54) is 0 Å². The first-order chi connectivity index (χ1) is 11.0. The number of fused-ring (bicyclic) bond motifs is 1. The van der Waals surface area contributed by atoms with E-state index >= 15 is 0 Å². The predicted octanol–water partition coefficient (Wildman–Crippen LogP) is 2.57. The molecule has 3 rings (SSSR count). The smallest absolute Gasteiger partial charge is 0.254 e. The first-order valence-corrected chi connectivity index (χ1v) is 7.55. The second kappa shape index (κ2) is 6.24. The molecule has 1 aliphatic heterocycles. The Morgan fingerprint density at radius 3 is 2.83 bits per heavy atom. The van der Waals surface area contributed by atoms with Gasteiger partial charge in [-0.25, -0.2) is 9.97 Å². The third-order valence-corrected chi connectivity index (χ3v) is 3.65. The Balaban J connectivity index is 1.67. The first-order valence-electron chi connectivity index (χ1n) is 7.55. The van der Waals surface area contributed by atoms with E-state index in [2.05, 4.69) is 15.3 Å². The topological polar surface area (TPSA) is 73.3 Å². The molecule has 0 fully saturated rings. The lowest BCUT2D eigenvalue weighted by Gasteiger charge is -2.10. The summed E-state index contributed by atoms with van der Waals surface area (Å²) in [6, 6.07) is 5.61. The van der Waals surface area contributed by atoms with E-state index in [0.717, 1.165) is 17.1 Å². The molecule has 6 nitrogen and oxygen atoms in total. The van der Waals surface area contributed by atoms with Gasteiger partial charge in [-0.15, -0.1) is 0 Å². The fraction of sp³-hybridized carbons (Fsp3) is 0.353. The summed E-state index contributed by atoms with van der Waals surface area (Å²) >= 11 is 0. The maximum Gasteiger partial charge on any atom is 0.254 e. The molecule has 1 N–H and O–H groups in total. The molecule has 6 heteroatoms. The van der Waals surface area contributed by atoms with Crippen LogP contribution in [0.5, 0.6) is 11.5 Å². The number of ether oxygens (including phenoxy) is 2. The van der Waals surface area contributed by atoms with Gasteiger partial charge in [0.2, 0.25) is 6.79 Å². The van der Waals surface area contributed by atoms with Gasteiger partial charge in [-0.3, -0.25) is 4.79 Å². The summed E-state index contributed by atoms with van der Waals surface area (Å²) in [6.45, 7) is 6.51. The highest BCUT2D eigenvalue weighted by atomic mass is 16.7. The molecule has 120 valence electrons. The molecule has 0 atom stereocenters. The lowest BCUT2D eigenvalue weighted by Crippen LogP contribution is -2.24. The van der Waals surface area contributed by atoms with Gasteiger partial charge in [0.15, 0.2) is 11.5 Å². The van der Waals surface area contributed by atoms with Crippen molar-refractivity contribution in [3.05, 3.63) is 47.0 Å². The van der Waals surface area contributed by atoms with E-state index in [9.17, 15) is 4.79 Å². The lowest BCUT2D eigenvalue weighted by atomic mass is 10.1. The van der Waals surface area contributed by atoms with E-state index in [4.69, 9.17) is 9.47 Å². The highest BCUT2D eigenvalue weighted by Crippen LogP contribution is 2.32. The molecule has 2 heterocycles. The number of benzene rings is 1. The van der Waals surface area contributed by atoms with Gasteiger partial charge in [0.25, 0.3) is 5.91 Å². The van der Waals surface area contributed by atoms with Crippen LogP contribution in [0.3, 0.4) is 0 Å². The maximum absolute atomic E-state index is 12.3. The van der Waals surface area contributed by atoms with Gasteiger partial charge < -0.3 is 14.8 Å². The summed E-state index contributed by atoms with van der Waals surface area (Å²) in [7, 11) is 0. The Hall–Kier alpha value is -2.63. The predicted molar refractivity (Wildman–Crippen MR) is 84.6 cm³/mol. The SMILES string of the molecule is Cc1nc(C(C)C)ncc1C(=O)NCc1ccc2c(c1)OCO2. The largest absolute Gasteiger partial charge is 0.454 e. The molecule has 1 amide bonds. The van der Waals surface area contributed by atoms with Crippen molar-refractivity contribution in [1.29, 1.82) is 0 Å². The molecule has 1 aromatic carbocycles. The normalized spacial score (nSPS) is 12.5. The van der Waals surface area contributed by atoms with Crippen molar-refractivity contribution in [2.24, 2.45) is 0 Å². The first kappa shape index (κ1) is 15.3. The summed E-state index contributed by atoms with van der Waals surface area (Å²) in [6.07, 6.45) is 1.59. The van der Waals surface area contributed by atoms with E-state index in [-0.39, 0.29) is 18.6 Å². The number of rotatable bonds is 4. The monoisotopic (exact) mass is 313 g/mol. The standard InChI is InChI=1S/C17H19N3O3/c1-10(2)16-18-8-13(11(3)20-16)17(21)19-7-12-4-5-14-15(6-12)23-9-22-14/h4-6,8,10H,7,9H2,1-3H3,(H,19,21). The highest BCUT2D eigenvalue weighted by molar-refractivity contribution is 5.94. The maximum atomic E-state index is 12.3. The quantitative estimate of drug-likeness (QED) is 0.939. The van der Waals surface area contributed by atoms with Crippen molar-refractivity contribution in [2.75, 3.05) is 6.79 Å². The van der Waals surface area contributed by atoms with E-state index in [1.807, 2.05) is 39.0 Å². The summed E-state index contributed by atoms with van der Waals surface area (Å²) < 4.78 is 10.6. The zero-order valence-electron chi connectivity index (χ0n) is 13.4. The minimum atomic E-state index is -0.185. The van der Waals surface area contributed by atoms with E-state index in [1.54, 1.807) is 6.20 Å². The molecule has 2 aromatic rings. The molecule has 0 aliphatic carbocycles. The number of hydrogen-bond donors (Lipinski definition) is 1. The molecule has 0 saturated heterocycles. The zero-order chi connectivity index (χ0) is 16.4. The molecular formula is C17H19N3O3. The van der Waals surface area contributed by atoms with Gasteiger partial charge in [0.05, 0.1) is 11.3 Å². The Bertz CT molecular complexity index is 744. The Morgan fingerprint density at radius 1 is 1.30 bits per heavy atom. The third-order valence-electron chi connectivity index (χ3n) is 3.65. The second-order valence-corrected chi connectivity index (χ2v) is 5.75. The number of nitrogens with zero attached hydrogens (tertiary/aromatic N) is 2. The van der Waals surface area contributed by atoms with Gasteiger partial charge in [-0.1, -0.05) is 19.9 Å². The molecule has 0 bridgehead atoms. The molecular weight excluding hydrogens is 294 g/mol. The number of carbonyl (C=O) groups excluding carboxylic acids is 1. The number of nitrogens with one attached hydrogen (secondary N) is 1. The number of aryl methyl sites for hydroxylation is 1. The van der Waals surface area contributed by atoms with Crippen LogP contribution in [0.15, 0.2) is 24.4 Å². The van der Waals surface area contributed by atoms with Crippen LogP contribution in [-0.4, -0.2) is 22.7 Å². The second-order valence-electron chi connectivity index (χ2n) is 5.75. The van der Waals surface area contributed by atoms with Gasteiger partial charge in [0.1, 0.15) is 5.82 Å². The molecule has 1 aromatic heterocycles. The zero-order valence-corrected chi connectivity index (χ0v) is 13.4. The average Bonchev–Trinajstić information content (AvgIpc) is 3.00. The van der Waals surface area contributed by atoms with Crippen molar-refractivity contribution in [3.63, 3.8) is 0 Å². The van der Waals surface area contributed by atoms with Crippen LogP contribution in [0, 0.1) is 6.92 Å². The van der Waals surface area contributed by atoms with E-state index in [0.29, 0.717) is 23.6 Å². The van der Waals surface area contributed by atoms with Crippen LogP contribution < -0.4 is 14.8 Å². The summed E-state index contributed by atoms with van der Waals surface area (Å²) in [5.74, 6) is 2.23. The molecule has 1 aliphatic rings. The number of carbonyl (C=O) groups is 1. The Morgan fingerprint density at radius 2 is 2.09 bits per heavy atom. The summed E-state index contributed by atoms with van der Waals surface area (Å²) in [5.41, 5.74) is 2.13. The van der Waals surface area contributed by atoms with Crippen LogP contribution in [0.25, 0.3) is 0 Å². The number of amides is 1. The summed E-state index contributed by atoms with van der Waals surface area (Å²) in [5, 5.41) is 2.88. The van der Waals surface area contributed by atoms with Crippen molar-refractivity contribution >= 4 is 5.91 Å². The van der Waals surface area contributed by atoms with Crippen molar-refractivity contribution in [1.82, 2.24) is 15.3 Å². The molecule has 0 saturated carbocycles. The number of aromatic nitrogens is 2. The van der Waals surface area contributed by atoms with Crippen LogP contribution >= 0.6 is 0 Å². The third kappa shape index (κ3) is 3.26. The number of hydrogen-bond acceptors (Lipinski definition) is 5. The van der Waals surface area contributed by atoms with Crippen molar-refractivity contribution < 1.29 is 14.3 Å². The summed E-state index contributed by atoms with van der Waals surface area (Å²) in [4.78, 5) is 20.9. The van der Waals surface area contributed by atoms with Crippen LogP contribution in [0.2, 0.25) is 0 Å². The Kier molecular flexibility index (Phi) is 4.14. The van der Waals surface area contributed by atoms with Gasteiger partial charge in [0, 0.05) is 18.7 Å². The van der Waals surface area contributed by atoms with Gasteiger partial charge in [-0.2, -0.15) is 0 Å². The van der Waals surface area contributed by atoms with Crippen molar-refractivity contribution in [2.45, 2.75) is 33.2 Å². The van der Waals surface area contributed by atoms with E-state index < -0.39 is 0 Å². The molecule has 0 radical (unpaired) electrons. The average molecular weight is 313 g/mol. The van der Waals surface area contributed by atoms with Gasteiger partial charge in [-0.05, 0) is 24.6 Å².